The SMILES string of the molecule is c1ccc(-c2cccc(Oc3ccc4c(c3)-c3nc-4nc4[nH]c(nc5nc(nc6[nH]c(n3)c3ccc(Oc7cccc(-c8ccccc8)c7)cc63)-c3ccc(Oc6cccc(-c7ccccc7)c6)cc3-5)c3ccc(Oc5cccc(-c6ccccc6)c5)cc43)c2)cc1. The van der Waals surface area contributed by atoms with Crippen LogP contribution in [0, 0.1) is 0 Å². The number of nitrogens with zero attached hydrogens (tertiary/aromatic N) is 6. The van der Waals surface area contributed by atoms with E-state index in [1.807, 2.05) is 218 Å². The molecule has 2 N–H and O–H groups in total. The number of aromatic amines is 2. The van der Waals surface area contributed by atoms with Crippen molar-refractivity contribution < 1.29 is 18.9 Å². The molecule has 3 aromatic heterocycles. The second kappa shape index (κ2) is 22.7. The Morgan fingerprint density at radius 2 is 0.446 bits per heavy atom. The van der Waals surface area contributed by atoms with Crippen molar-refractivity contribution >= 4 is 44.1 Å². The molecule has 0 aliphatic carbocycles. The van der Waals surface area contributed by atoms with Crippen LogP contribution in [0.5, 0.6) is 46.0 Å². The van der Waals surface area contributed by atoms with Gasteiger partial charge in [-0.25, -0.2) is 29.9 Å². The first-order valence-electron chi connectivity index (χ1n) is 30.2. The predicted molar refractivity (Wildman–Crippen MR) is 364 cm³/mol. The Morgan fingerprint density at radius 3 is 0.772 bits per heavy atom. The zero-order valence-electron chi connectivity index (χ0n) is 49.0. The van der Waals surface area contributed by atoms with Crippen molar-refractivity contribution in [2.24, 2.45) is 0 Å². The van der Waals surface area contributed by atoms with Gasteiger partial charge in [-0.3, -0.25) is 0 Å². The maximum atomic E-state index is 6.69. The lowest BCUT2D eigenvalue weighted by molar-refractivity contribution is 0.483. The topological polar surface area (TPSA) is 146 Å². The maximum absolute atomic E-state index is 6.69. The van der Waals surface area contributed by atoms with Crippen LogP contribution in [0.15, 0.2) is 291 Å². The number of nitrogens with one attached hydrogen (secondary N) is 2. The molecule has 0 atom stereocenters. The molecule has 434 valence electrons. The minimum atomic E-state index is 0.409. The van der Waals surface area contributed by atoms with Crippen LogP contribution in [0.4, 0.5) is 0 Å². The zero-order chi connectivity index (χ0) is 60.9. The molecule has 0 unspecified atom stereocenters. The van der Waals surface area contributed by atoms with Crippen LogP contribution < -0.4 is 18.9 Å². The zero-order valence-corrected chi connectivity index (χ0v) is 49.0. The number of aromatic nitrogens is 8. The summed E-state index contributed by atoms with van der Waals surface area (Å²) in [6.45, 7) is 0. The number of hydrogen-bond acceptors (Lipinski definition) is 10. The quantitative estimate of drug-likeness (QED) is 0.121. The lowest BCUT2D eigenvalue weighted by atomic mass is 10.1. The average Bonchev–Trinajstić information content (AvgIpc) is 1.69. The molecule has 0 spiro atoms. The summed E-state index contributed by atoms with van der Waals surface area (Å²) in [5, 5.41) is 3.03. The van der Waals surface area contributed by atoms with E-state index in [1.54, 1.807) is 0 Å². The number of ether oxygens (including phenoxy) is 4. The third-order valence-corrected chi connectivity index (χ3v) is 16.4. The molecular formula is C80H50N8O4. The van der Waals surface area contributed by atoms with Gasteiger partial charge in [0.1, 0.15) is 68.6 Å². The largest absolute Gasteiger partial charge is 0.457 e. The summed E-state index contributed by atoms with van der Waals surface area (Å²) in [5.74, 6) is 6.78. The molecular weight excluding hydrogens is 1140 g/mol. The van der Waals surface area contributed by atoms with Crippen molar-refractivity contribution in [1.82, 2.24) is 39.9 Å². The molecule has 12 aromatic carbocycles. The summed E-state index contributed by atoms with van der Waals surface area (Å²) in [4.78, 5) is 39.5. The average molecular weight is 1190 g/mol. The first-order chi connectivity index (χ1) is 45.5. The van der Waals surface area contributed by atoms with Crippen molar-refractivity contribution in [1.29, 1.82) is 0 Å². The van der Waals surface area contributed by atoms with Gasteiger partial charge in [-0.2, -0.15) is 0 Å². The Balaban J connectivity index is 0.859. The molecule has 5 heterocycles. The number of rotatable bonds is 12. The van der Waals surface area contributed by atoms with Gasteiger partial charge in [0.05, 0.1) is 0 Å². The molecule has 15 aromatic rings. The van der Waals surface area contributed by atoms with Crippen LogP contribution in [0.1, 0.15) is 0 Å². The van der Waals surface area contributed by atoms with Crippen LogP contribution in [-0.4, -0.2) is 39.9 Å². The molecule has 0 saturated carbocycles. The fourth-order valence-electron chi connectivity index (χ4n) is 12.0. The summed E-state index contributed by atoms with van der Waals surface area (Å²) in [6, 6.07) is 96.9. The molecule has 17 rings (SSSR count). The molecule has 0 saturated heterocycles. The van der Waals surface area contributed by atoms with Crippen LogP contribution in [-0.2, 0) is 0 Å². The molecule has 12 nitrogen and oxygen atoms in total. The van der Waals surface area contributed by atoms with E-state index in [-0.39, 0.29) is 0 Å². The van der Waals surface area contributed by atoms with Gasteiger partial charge in [0.2, 0.25) is 0 Å². The molecule has 2 aliphatic heterocycles. The Morgan fingerprint density at radius 1 is 0.185 bits per heavy atom. The molecule has 8 bridgehead atoms. The molecule has 0 radical (unpaired) electrons. The van der Waals surface area contributed by atoms with Crippen molar-refractivity contribution in [3.8, 4) is 136 Å². The highest BCUT2D eigenvalue weighted by Gasteiger charge is 2.25. The molecule has 0 amide bonds. The second-order valence-electron chi connectivity index (χ2n) is 22.4. The van der Waals surface area contributed by atoms with Crippen LogP contribution >= 0.6 is 0 Å². The molecule has 0 fully saturated rings. The van der Waals surface area contributed by atoms with E-state index in [4.69, 9.17) is 48.9 Å². The summed E-state index contributed by atoms with van der Waals surface area (Å²) < 4.78 is 26.7. The number of fused-ring (bicyclic) bond motifs is 20. The van der Waals surface area contributed by atoms with Crippen LogP contribution in [0.2, 0.25) is 0 Å². The van der Waals surface area contributed by atoms with Gasteiger partial charge in [0.25, 0.3) is 0 Å². The third-order valence-electron chi connectivity index (χ3n) is 16.4. The lowest BCUT2D eigenvalue weighted by Crippen LogP contribution is -1.88. The monoisotopic (exact) mass is 1190 g/mol. The minimum Gasteiger partial charge on any atom is -0.457 e. The normalized spacial score (nSPS) is 11.5. The van der Waals surface area contributed by atoms with E-state index in [2.05, 4.69) is 82.8 Å². The highest BCUT2D eigenvalue weighted by molar-refractivity contribution is 6.07. The number of H-pyrrole nitrogens is 2. The Hall–Kier alpha value is -12.8. The van der Waals surface area contributed by atoms with Gasteiger partial charge in [-0.15, -0.1) is 0 Å². The van der Waals surface area contributed by atoms with E-state index < -0.39 is 0 Å². The van der Waals surface area contributed by atoms with Gasteiger partial charge in [0, 0.05) is 43.8 Å². The van der Waals surface area contributed by atoms with E-state index in [0.29, 0.717) is 103 Å². The van der Waals surface area contributed by atoms with Gasteiger partial charge < -0.3 is 28.9 Å². The van der Waals surface area contributed by atoms with Crippen molar-refractivity contribution in [2.75, 3.05) is 0 Å². The summed E-state index contributed by atoms with van der Waals surface area (Å²) in [7, 11) is 0. The predicted octanol–water partition coefficient (Wildman–Crippen LogP) is 20.7. The molecule has 12 heteroatoms. The summed E-state index contributed by atoms with van der Waals surface area (Å²) in [6.07, 6.45) is 0. The first-order valence-corrected chi connectivity index (χ1v) is 30.2. The fraction of sp³-hybridized carbons (Fsp3) is 0. The third kappa shape index (κ3) is 10.4. The van der Waals surface area contributed by atoms with E-state index in [9.17, 15) is 0 Å². The molecule has 92 heavy (non-hydrogen) atoms. The summed E-state index contributed by atoms with van der Waals surface area (Å²) >= 11 is 0. The smallest absolute Gasteiger partial charge is 0.164 e. The minimum absolute atomic E-state index is 0.409. The van der Waals surface area contributed by atoms with Gasteiger partial charge in [-0.05, 0) is 166 Å². The fourth-order valence-corrected chi connectivity index (χ4v) is 12.0. The second-order valence-corrected chi connectivity index (χ2v) is 22.4. The Kier molecular flexibility index (Phi) is 13.2. The van der Waals surface area contributed by atoms with Crippen molar-refractivity contribution in [3.05, 3.63) is 291 Å². The highest BCUT2D eigenvalue weighted by atomic mass is 16.5. The van der Waals surface area contributed by atoms with Gasteiger partial charge in [0.15, 0.2) is 23.3 Å². The Bertz CT molecular complexity index is 5200. The Labute approximate surface area is 527 Å². The highest BCUT2D eigenvalue weighted by Crippen LogP contribution is 2.43. The van der Waals surface area contributed by atoms with Gasteiger partial charge in [-0.1, -0.05) is 170 Å². The molecule has 2 aliphatic rings. The summed E-state index contributed by atoms with van der Waals surface area (Å²) in [5.41, 5.74) is 13.4. The van der Waals surface area contributed by atoms with Crippen molar-refractivity contribution in [2.45, 2.75) is 0 Å². The van der Waals surface area contributed by atoms with Gasteiger partial charge >= 0.3 is 0 Å². The standard InChI is InChI=1S/C80H50N8O4/c1-5-17-49(18-6-1)53-25-13-29-57(41-53)89-61-33-37-65-69(45-61)77-81-73(65)86-78-71-47-63(91-59-31-15-27-55(43-59)51-21-9-3-10-22-51)35-39-67(71)75(83-78)88-80-72-48-64(92-60-32-16-28-56(44-60)52-23-11-4-12-24-52)36-40-68(72)76(84-80)87-79-70-46-62(34-38-66(70)74(82-79)85-77)90-58-30-14-26-54(42-58)50-19-7-2-8-20-50/h1-48H,(H2,81,82,83,84,85,86,87,88). The van der Waals surface area contributed by atoms with Crippen LogP contribution in [0.25, 0.3) is 134 Å². The maximum Gasteiger partial charge on any atom is 0.164 e. The van der Waals surface area contributed by atoms with Crippen molar-refractivity contribution in [3.63, 3.8) is 0 Å². The lowest BCUT2D eigenvalue weighted by Gasteiger charge is -2.09. The van der Waals surface area contributed by atoms with E-state index in [0.717, 1.165) is 77.2 Å². The first kappa shape index (κ1) is 53.4. The van der Waals surface area contributed by atoms with E-state index in [1.165, 1.54) is 0 Å². The number of benzene rings is 12. The van der Waals surface area contributed by atoms with Crippen LogP contribution in [0.3, 0.4) is 0 Å². The number of hydrogen-bond donors (Lipinski definition) is 2. The van der Waals surface area contributed by atoms with E-state index >= 15 is 0 Å².